The average molecular weight is 313 g/mol. The van der Waals surface area contributed by atoms with E-state index in [-0.39, 0.29) is 11.8 Å². The SMILES string of the molecule is O=C(O)c1ccnc(N2CC(OCCCc3ccccc3)C2)n1. The van der Waals surface area contributed by atoms with Crippen LogP contribution in [0.4, 0.5) is 5.95 Å². The molecule has 2 aromatic rings. The highest BCUT2D eigenvalue weighted by Crippen LogP contribution is 2.18. The molecule has 0 radical (unpaired) electrons. The molecular formula is C17H19N3O3. The van der Waals surface area contributed by atoms with E-state index in [9.17, 15) is 4.79 Å². The molecule has 0 bridgehead atoms. The molecule has 1 aliphatic rings. The van der Waals surface area contributed by atoms with Gasteiger partial charge >= 0.3 is 5.97 Å². The van der Waals surface area contributed by atoms with Gasteiger partial charge in [-0.2, -0.15) is 0 Å². The van der Waals surface area contributed by atoms with Crippen LogP contribution in [0.15, 0.2) is 42.6 Å². The third-order valence-corrected chi connectivity index (χ3v) is 3.80. The average Bonchev–Trinajstić information content (AvgIpc) is 2.54. The van der Waals surface area contributed by atoms with Crippen molar-refractivity contribution in [1.82, 2.24) is 9.97 Å². The van der Waals surface area contributed by atoms with E-state index in [1.54, 1.807) is 0 Å². The Balaban J connectivity index is 1.38. The number of aromatic carboxylic acids is 1. The second-order valence-corrected chi connectivity index (χ2v) is 5.53. The molecule has 2 heterocycles. The van der Waals surface area contributed by atoms with E-state index in [4.69, 9.17) is 9.84 Å². The van der Waals surface area contributed by atoms with Gasteiger partial charge in [0.05, 0.1) is 6.10 Å². The van der Waals surface area contributed by atoms with Crippen molar-refractivity contribution in [2.75, 3.05) is 24.6 Å². The molecule has 1 saturated heterocycles. The minimum Gasteiger partial charge on any atom is -0.477 e. The number of aryl methyl sites for hydroxylation is 1. The fourth-order valence-electron chi connectivity index (χ4n) is 2.50. The van der Waals surface area contributed by atoms with Crippen molar-refractivity contribution < 1.29 is 14.6 Å². The molecule has 0 amide bonds. The van der Waals surface area contributed by atoms with Gasteiger partial charge in [-0.25, -0.2) is 14.8 Å². The summed E-state index contributed by atoms with van der Waals surface area (Å²) in [5.74, 6) is -0.586. The number of carboxylic acid groups (broad SMARTS) is 1. The van der Waals surface area contributed by atoms with E-state index < -0.39 is 5.97 Å². The molecule has 0 aliphatic carbocycles. The molecule has 23 heavy (non-hydrogen) atoms. The summed E-state index contributed by atoms with van der Waals surface area (Å²) in [7, 11) is 0. The van der Waals surface area contributed by atoms with Crippen LogP contribution in [0.2, 0.25) is 0 Å². The number of hydrogen-bond acceptors (Lipinski definition) is 5. The standard InChI is InChI=1S/C17H19N3O3/c21-16(22)15-8-9-18-17(19-15)20-11-14(12-20)23-10-4-7-13-5-2-1-3-6-13/h1-3,5-6,8-9,14H,4,7,10-12H2,(H,21,22). The van der Waals surface area contributed by atoms with Crippen molar-refractivity contribution in [2.45, 2.75) is 18.9 Å². The second kappa shape index (κ2) is 7.19. The zero-order valence-corrected chi connectivity index (χ0v) is 12.8. The van der Waals surface area contributed by atoms with Gasteiger partial charge in [0.15, 0.2) is 5.69 Å². The predicted molar refractivity (Wildman–Crippen MR) is 85.7 cm³/mol. The third-order valence-electron chi connectivity index (χ3n) is 3.80. The highest BCUT2D eigenvalue weighted by Gasteiger charge is 2.29. The summed E-state index contributed by atoms with van der Waals surface area (Å²) < 4.78 is 5.82. The van der Waals surface area contributed by atoms with Crippen LogP contribution in [0.1, 0.15) is 22.5 Å². The molecule has 6 heteroatoms. The van der Waals surface area contributed by atoms with Crippen molar-refractivity contribution in [1.29, 1.82) is 0 Å². The molecule has 1 N–H and O–H groups in total. The Bertz CT molecular complexity index is 657. The molecule has 0 spiro atoms. The quantitative estimate of drug-likeness (QED) is 0.788. The first-order chi connectivity index (χ1) is 11.2. The maximum Gasteiger partial charge on any atom is 0.354 e. The first-order valence-corrected chi connectivity index (χ1v) is 7.69. The fourth-order valence-corrected chi connectivity index (χ4v) is 2.50. The summed E-state index contributed by atoms with van der Waals surface area (Å²) in [5.41, 5.74) is 1.34. The summed E-state index contributed by atoms with van der Waals surface area (Å²) >= 11 is 0. The molecule has 0 atom stereocenters. The number of ether oxygens (including phenoxy) is 1. The van der Waals surface area contributed by atoms with E-state index in [0.717, 1.165) is 19.4 Å². The van der Waals surface area contributed by atoms with Crippen LogP contribution in [-0.4, -0.2) is 46.8 Å². The van der Waals surface area contributed by atoms with E-state index in [0.29, 0.717) is 19.0 Å². The predicted octanol–water partition coefficient (Wildman–Crippen LogP) is 2.01. The molecule has 1 fully saturated rings. The number of anilines is 1. The number of hydrogen-bond donors (Lipinski definition) is 1. The number of aromatic nitrogens is 2. The van der Waals surface area contributed by atoms with Crippen molar-refractivity contribution in [3.63, 3.8) is 0 Å². The topological polar surface area (TPSA) is 75.5 Å². The van der Waals surface area contributed by atoms with Gasteiger partial charge in [-0.1, -0.05) is 30.3 Å². The summed E-state index contributed by atoms with van der Waals surface area (Å²) in [4.78, 5) is 21.0. The van der Waals surface area contributed by atoms with Gasteiger partial charge < -0.3 is 14.7 Å². The van der Waals surface area contributed by atoms with E-state index in [1.165, 1.54) is 17.8 Å². The summed E-state index contributed by atoms with van der Waals surface area (Å²) in [6.45, 7) is 2.13. The van der Waals surface area contributed by atoms with Crippen LogP contribution in [-0.2, 0) is 11.2 Å². The maximum absolute atomic E-state index is 10.9. The first kappa shape index (κ1) is 15.4. The van der Waals surface area contributed by atoms with Gasteiger partial charge in [0, 0.05) is 25.9 Å². The molecule has 0 unspecified atom stereocenters. The Hall–Kier alpha value is -2.47. The number of benzene rings is 1. The maximum atomic E-state index is 10.9. The third kappa shape index (κ3) is 4.04. The Kier molecular flexibility index (Phi) is 4.83. The Labute approximate surface area is 134 Å². The van der Waals surface area contributed by atoms with Crippen LogP contribution >= 0.6 is 0 Å². The summed E-state index contributed by atoms with van der Waals surface area (Å²) in [6.07, 6.45) is 3.65. The van der Waals surface area contributed by atoms with E-state index in [2.05, 4.69) is 22.1 Å². The van der Waals surface area contributed by atoms with Crippen molar-refractivity contribution in [2.24, 2.45) is 0 Å². The van der Waals surface area contributed by atoms with Gasteiger partial charge in [-0.05, 0) is 24.5 Å². The summed E-state index contributed by atoms with van der Waals surface area (Å²) in [5, 5.41) is 8.94. The van der Waals surface area contributed by atoms with Gasteiger partial charge in [0.2, 0.25) is 5.95 Å². The monoisotopic (exact) mass is 313 g/mol. The van der Waals surface area contributed by atoms with E-state index >= 15 is 0 Å². The Morgan fingerprint density at radius 3 is 2.78 bits per heavy atom. The number of nitrogens with zero attached hydrogens (tertiary/aromatic N) is 3. The Morgan fingerprint density at radius 2 is 2.04 bits per heavy atom. The molecule has 1 aromatic heterocycles. The molecule has 1 aliphatic heterocycles. The van der Waals surface area contributed by atoms with Crippen molar-refractivity contribution in [3.8, 4) is 0 Å². The largest absolute Gasteiger partial charge is 0.477 e. The van der Waals surface area contributed by atoms with Crippen LogP contribution < -0.4 is 4.90 Å². The minimum atomic E-state index is -1.04. The molecular weight excluding hydrogens is 294 g/mol. The minimum absolute atomic E-state index is 0.0160. The molecule has 3 rings (SSSR count). The van der Waals surface area contributed by atoms with Gasteiger partial charge in [-0.3, -0.25) is 0 Å². The second-order valence-electron chi connectivity index (χ2n) is 5.53. The number of carboxylic acids is 1. The van der Waals surface area contributed by atoms with Gasteiger partial charge in [-0.15, -0.1) is 0 Å². The molecule has 6 nitrogen and oxygen atoms in total. The Morgan fingerprint density at radius 1 is 1.26 bits per heavy atom. The van der Waals surface area contributed by atoms with Crippen LogP contribution in [0.25, 0.3) is 0 Å². The molecule has 1 aromatic carbocycles. The van der Waals surface area contributed by atoms with Crippen LogP contribution in [0.3, 0.4) is 0 Å². The van der Waals surface area contributed by atoms with E-state index in [1.807, 2.05) is 23.1 Å². The molecule has 120 valence electrons. The van der Waals surface area contributed by atoms with Crippen LogP contribution in [0, 0.1) is 0 Å². The zero-order chi connectivity index (χ0) is 16.1. The highest BCUT2D eigenvalue weighted by molar-refractivity contribution is 5.85. The lowest BCUT2D eigenvalue weighted by Gasteiger charge is -2.38. The number of carbonyl (C=O) groups is 1. The highest BCUT2D eigenvalue weighted by atomic mass is 16.5. The molecule has 0 saturated carbocycles. The van der Waals surface area contributed by atoms with Crippen LogP contribution in [0.5, 0.6) is 0 Å². The number of rotatable bonds is 7. The van der Waals surface area contributed by atoms with Crippen molar-refractivity contribution >= 4 is 11.9 Å². The first-order valence-electron chi connectivity index (χ1n) is 7.69. The zero-order valence-electron chi connectivity index (χ0n) is 12.8. The normalized spacial score (nSPS) is 14.5. The van der Waals surface area contributed by atoms with Gasteiger partial charge in [0.25, 0.3) is 0 Å². The smallest absolute Gasteiger partial charge is 0.354 e. The fraction of sp³-hybridized carbons (Fsp3) is 0.353. The van der Waals surface area contributed by atoms with Crippen molar-refractivity contribution in [3.05, 3.63) is 53.9 Å². The summed E-state index contributed by atoms with van der Waals surface area (Å²) in [6, 6.07) is 11.7. The lowest BCUT2D eigenvalue weighted by Crippen LogP contribution is -2.53. The lowest BCUT2D eigenvalue weighted by molar-refractivity contribution is 0.0323. The van der Waals surface area contributed by atoms with Gasteiger partial charge in [0.1, 0.15) is 0 Å². The lowest BCUT2D eigenvalue weighted by atomic mass is 10.1.